The number of carbonyl (C=O) groups is 6. The lowest BCUT2D eigenvalue weighted by atomic mass is 10.00. The van der Waals surface area contributed by atoms with Crippen molar-refractivity contribution in [3.05, 3.63) is 82.2 Å². The summed E-state index contributed by atoms with van der Waals surface area (Å²) < 4.78 is 28.7. The van der Waals surface area contributed by atoms with Crippen LogP contribution in [0.5, 0.6) is 0 Å². The van der Waals surface area contributed by atoms with Gasteiger partial charge in [0, 0.05) is 0 Å². The van der Waals surface area contributed by atoms with Crippen molar-refractivity contribution in [2.45, 2.75) is 64.4 Å². The second kappa shape index (κ2) is 19.1. The van der Waals surface area contributed by atoms with E-state index in [2.05, 4.69) is 21.3 Å². The highest BCUT2D eigenvalue weighted by atomic mass is 35.5. The van der Waals surface area contributed by atoms with E-state index in [-0.39, 0.29) is 17.9 Å². The normalized spacial score (nSPS) is 14.0. The molecule has 2 aromatic rings. The number of alkyl carbamates (subject to hydrolysis) is 1. The van der Waals surface area contributed by atoms with Gasteiger partial charge in [-0.25, -0.2) is 13.2 Å². The Hall–Kier alpha value is -4.96. The van der Waals surface area contributed by atoms with Crippen molar-refractivity contribution < 1.29 is 52.1 Å². The molecule has 4 amide bonds. The molecule has 0 heterocycles. The molecule has 0 saturated carbocycles. The van der Waals surface area contributed by atoms with E-state index in [1.54, 1.807) is 62.4 Å². The van der Waals surface area contributed by atoms with E-state index < -0.39 is 92.9 Å². The minimum atomic E-state index is -3.91. The number of carbonyl (C=O) groups excluding carboxylic acids is 4. The molecule has 0 spiro atoms. The lowest BCUT2D eigenvalue weighted by Crippen LogP contribution is -2.56. The predicted molar refractivity (Wildman–Crippen MR) is 177 cm³/mol. The highest BCUT2D eigenvalue weighted by molar-refractivity contribution is 7.96. The summed E-state index contributed by atoms with van der Waals surface area (Å²) in [6, 6.07) is 10.5. The highest BCUT2D eigenvalue weighted by Gasteiger charge is 2.33. The van der Waals surface area contributed by atoms with E-state index in [1.165, 1.54) is 19.1 Å². The molecule has 0 radical (unpaired) electrons. The Bertz CT molecular complexity index is 1620. The number of amides is 4. The zero-order valence-electron chi connectivity index (χ0n) is 26.9. The third-order valence-electron chi connectivity index (χ3n) is 6.86. The summed E-state index contributed by atoms with van der Waals surface area (Å²) in [6.45, 7) is 4.32. The number of hydrogen-bond acceptors (Lipinski definition) is 9. The van der Waals surface area contributed by atoms with Crippen molar-refractivity contribution in [2.24, 2.45) is 5.92 Å². The summed E-state index contributed by atoms with van der Waals surface area (Å²) in [5.74, 6) is -6.62. The minimum absolute atomic E-state index is 0.161. The van der Waals surface area contributed by atoms with Crippen LogP contribution < -0.4 is 21.3 Å². The third-order valence-corrected chi connectivity index (χ3v) is 9.18. The van der Waals surface area contributed by atoms with Crippen LogP contribution >= 0.6 is 11.6 Å². The zero-order valence-corrected chi connectivity index (χ0v) is 28.5. The van der Waals surface area contributed by atoms with Crippen LogP contribution in [0.3, 0.4) is 0 Å². The Morgan fingerprint density at radius 3 is 1.90 bits per heavy atom. The Kier molecular flexibility index (Phi) is 15.7. The van der Waals surface area contributed by atoms with Gasteiger partial charge in [-0.2, -0.15) is 0 Å². The minimum Gasteiger partial charge on any atom is -0.481 e. The van der Waals surface area contributed by atoms with Gasteiger partial charge in [-0.05, 0) is 23.1 Å². The SMILES string of the molecule is CCS(=O)(=O)/C(Cl)=C/[C@H](CC(=O)O)NC(=O)[C@H](NC(=O)[C@@H](NC(=O)[C@H](CC(=O)O)NC(=O)OCc1ccccc1)c1ccccc1)C(C)C. The van der Waals surface area contributed by atoms with Crippen LogP contribution in [-0.2, 0) is 45.2 Å². The Morgan fingerprint density at radius 1 is 0.796 bits per heavy atom. The molecule has 0 aliphatic rings. The monoisotopic (exact) mass is 722 g/mol. The van der Waals surface area contributed by atoms with Gasteiger partial charge >= 0.3 is 18.0 Å². The van der Waals surface area contributed by atoms with Gasteiger partial charge in [0.05, 0.1) is 24.6 Å². The van der Waals surface area contributed by atoms with Crippen LogP contribution in [0.1, 0.15) is 50.8 Å². The molecule has 0 unspecified atom stereocenters. The maximum Gasteiger partial charge on any atom is 0.408 e. The lowest BCUT2D eigenvalue weighted by molar-refractivity contribution is -0.140. The first kappa shape index (κ1) is 40.2. The second-order valence-corrected chi connectivity index (χ2v) is 13.9. The first-order valence-electron chi connectivity index (χ1n) is 15.0. The number of aliphatic carboxylic acids is 2. The number of halogens is 1. The van der Waals surface area contributed by atoms with Gasteiger partial charge in [-0.1, -0.05) is 93.0 Å². The summed E-state index contributed by atoms with van der Waals surface area (Å²) in [6.07, 6.45) is -1.78. The van der Waals surface area contributed by atoms with E-state index in [4.69, 9.17) is 16.3 Å². The molecule has 2 rings (SSSR count). The van der Waals surface area contributed by atoms with Crippen molar-refractivity contribution in [2.75, 3.05) is 5.75 Å². The molecule has 17 heteroatoms. The first-order valence-corrected chi connectivity index (χ1v) is 17.0. The number of ether oxygens (including phenoxy) is 1. The van der Waals surface area contributed by atoms with Gasteiger partial charge in [0.1, 0.15) is 29.1 Å². The van der Waals surface area contributed by atoms with E-state index in [0.717, 1.165) is 6.08 Å². The smallest absolute Gasteiger partial charge is 0.408 e. The fraction of sp³-hybridized carbons (Fsp3) is 0.375. The summed E-state index contributed by atoms with van der Waals surface area (Å²) >= 11 is 5.90. The molecule has 0 fully saturated rings. The molecule has 0 bridgehead atoms. The number of rotatable bonds is 18. The average molecular weight is 723 g/mol. The fourth-order valence-electron chi connectivity index (χ4n) is 4.26. The summed E-state index contributed by atoms with van der Waals surface area (Å²) in [5, 5.41) is 28.3. The molecule has 2 aromatic carbocycles. The maximum atomic E-state index is 13.7. The number of carboxylic acids is 2. The number of sulfone groups is 1. The number of hydrogen-bond donors (Lipinski definition) is 6. The summed E-state index contributed by atoms with van der Waals surface area (Å²) in [7, 11) is -3.91. The Labute approximate surface area is 288 Å². The van der Waals surface area contributed by atoms with E-state index in [0.29, 0.717) is 5.56 Å². The first-order chi connectivity index (χ1) is 23.0. The van der Waals surface area contributed by atoms with E-state index in [1.807, 2.05) is 0 Å². The van der Waals surface area contributed by atoms with Crippen LogP contribution in [0, 0.1) is 5.92 Å². The molecule has 15 nitrogen and oxygen atoms in total. The molecule has 0 aromatic heterocycles. The standard InChI is InChI=1S/C32H39ClN4O11S/c1-4-49(46,47)24(33)15-22(16-25(38)39)34-30(43)27(19(2)3)36-31(44)28(21-13-9-6-10-14-21)37-29(42)23(17-26(40)41)35-32(45)48-18-20-11-7-5-8-12-20/h5-15,19,22-23,27-28H,4,16-18H2,1-3H3,(H,34,43)(H,35,45)(H,36,44)(H,37,42)(H,38,39)(H,40,41)/b24-15+/t22-,23+,27-,28+/m1/s1. The average Bonchev–Trinajstić information content (AvgIpc) is 3.04. The van der Waals surface area contributed by atoms with Gasteiger partial charge in [-0.15, -0.1) is 0 Å². The highest BCUT2D eigenvalue weighted by Crippen LogP contribution is 2.17. The molecule has 49 heavy (non-hydrogen) atoms. The zero-order chi connectivity index (χ0) is 36.7. The van der Waals surface area contributed by atoms with Crippen LogP contribution in [0.15, 0.2) is 71.1 Å². The van der Waals surface area contributed by atoms with E-state index >= 15 is 0 Å². The summed E-state index contributed by atoms with van der Waals surface area (Å²) in [4.78, 5) is 75.9. The molecule has 0 saturated heterocycles. The van der Waals surface area contributed by atoms with Crippen LogP contribution in [0.4, 0.5) is 4.79 Å². The third kappa shape index (κ3) is 13.6. The van der Waals surface area contributed by atoms with Crippen LogP contribution in [0.2, 0.25) is 0 Å². The Balaban J connectivity index is 2.30. The maximum absolute atomic E-state index is 13.7. The second-order valence-electron chi connectivity index (χ2n) is 11.0. The fourth-order valence-corrected chi connectivity index (χ4v) is 5.39. The lowest BCUT2D eigenvalue weighted by Gasteiger charge is -2.27. The molecule has 0 aliphatic carbocycles. The molecule has 6 N–H and O–H groups in total. The molecule has 4 atom stereocenters. The number of nitrogens with one attached hydrogen (secondary N) is 4. The van der Waals surface area contributed by atoms with Gasteiger partial charge < -0.3 is 36.2 Å². The molecular formula is C32H39ClN4O11S. The molecule has 0 aliphatic heterocycles. The predicted octanol–water partition coefficient (Wildman–Crippen LogP) is 2.23. The van der Waals surface area contributed by atoms with Crippen molar-refractivity contribution in [1.29, 1.82) is 0 Å². The van der Waals surface area contributed by atoms with Gasteiger partial charge in [0.25, 0.3) is 0 Å². The van der Waals surface area contributed by atoms with Gasteiger partial charge in [0.2, 0.25) is 17.7 Å². The number of benzene rings is 2. The van der Waals surface area contributed by atoms with Crippen molar-refractivity contribution >= 4 is 57.2 Å². The number of carboxylic acid groups (broad SMARTS) is 2. The summed E-state index contributed by atoms with van der Waals surface area (Å²) in [5.41, 5.74) is 0.876. The van der Waals surface area contributed by atoms with Crippen molar-refractivity contribution in [3.63, 3.8) is 0 Å². The topological polar surface area (TPSA) is 234 Å². The van der Waals surface area contributed by atoms with Gasteiger partial charge in [-0.3, -0.25) is 24.0 Å². The van der Waals surface area contributed by atoms with Gasteiger partial charge in [0.15, 0.2) is 9.84 Å². The largest absolute Gasteiger partial charge is 0.481 e. The van der Waals surface area contributed by atoms with Crippen molar-refractivity contribution in [3.8, 4) is 0 Å². The van der Waals surface area contributed by atoms with Crippen LogP contribution in [0.25, 0.3) is 0 Å². The van der Waals surface area contributed by atoms with Crippen molar-refractivity contribution in [1.82, 2.24) is 21.3 Å². The quantitative estimate of drug-likeness (QED) is 0.131. The van der Waals surface area contributed by atoms with E-state index in [9.17, 15) is 47.4 Å². The molecule has 266 valence electrons. The molecular weight excluding hydrogens is 684 g/mol. The van der Waals surface area contributed by atoms with Crippen LogP contribution in [-0.4, -0.2) is 78.3 Å². The Morgan fingerprint density at radius 2 is 1.37 bits per heavy atom.